The number of hydrogen-bond donors (Lipinski definition) is 1. The fourth-order valence-corrected chi connectivity index (χ4v) is 3.20. The Morgan fingerprint density at radius 3 is 2.55 bits per heavy atom. The number of carbonyl (C=O) groups is 1. The summed E-state index contributed by atoms with van der Waals surface area (Å²) in [7, 11) is 0. The average molecular weight is 291 g/mol. The summed E-state index contributed by atoms with van der Waals surface area (Å²) in [6.45, 7) is 0. The van der Waals surface area contributed by atoms with Gasteiger partial charge in [-0.1, -0.05) is 48.5 Å². The van der Waals surface area contributed by atoms with Crippen molar-refractivity contribution < 1.29 is 9.18 Å². The lowest BCUT2D eigenvalue weighted by molar-refractivity contribution is -0.116. The summed E-state index contributed by atoms with van der Waals surface area (Å²) in [6.07, 6.45) is 0.386. The molecule has 3 heteroatoms. The van der Waals surface area contributed by atoms with Crippen LogP contribution in [0.3, 0.4) is 0 Å². The third-order valence-electron chi connectivity index (χ3n) is 4.26. The van der Waals surface area contributed by atoms with Gasteiger partial charge in [0, 0.05) is 17.7 Å². The van der Waals surface area contributed by atoms with Crippen molar-refractivity contribution in [3.8, 4) is 0 Å². The lowest BCUT2D eigenvalue weighted by atomic mass is 9.83. The van der Waals surface area contributed by atoms with Gasteiger partial charge in [0.15, 0.2) is 0 Å². The van der Waals surface area contributed by atoms with Gasteiger partial charge in [0.25, 0.3) is 0 Å². The van der Waals surface area contributed by atoms with E-state index in [1.54, 1.807) is 12.1 Å². The molecule has 3 aromatic rings. The summed E-state index contributed by atoms with van der Waals surface area (Å²) < 4.78 is 13.2. The molecule has 3 aromatic carbocycles. The molecule has 22 heavy (non-hydrogen) atoms. The van der Waals surface area contributed by atoms with Gasteiger partial charge in [0.2, 0.25) is 5.91 Å². The van der Waals surface area contributed by atoms with Crippen LogP contribution in [0, 0.1) is 5.82 Å². The standard InChI is InChI=1S/C19H14FNO/c20-14-8-5-13(6-9-14)17-11-18(22)21-19-15-4-2-1-3-12(15)7-10-16(17)19/h1-10,17H,11H2,(H,21,22)/t17-/m0/s1. The van der Waals surface area contributed by atoms with Crippen LogP contribution in [0.15, 0.2) is 60.7 Å². The van der Waals surface area contributed by atoms with Crippen LogP contribution in [0.4, 0.5) is 10.1 Å². The molecule has 0 unspecified atom stereocenters. The van der Waals surface area contributed by atoms with Crippen molar-refractivity contribution in [3.05, 3.63) is 77.6 Å². The van der Waals surface area contributed by atoms with Crippen molar-refractivity contribution in [2.75, 3.05) is 5.32 Å². The maximum Gasteiger partial charge on any atom is 0.225 e. The van der Waals surface area contributed by atoms with Gasteiger partial charge < -0.3 is 5.32 Å². The lowest BCUT2D eigenvalue weighted by Gasteiger charge is -2.27. The number of fused-ring (bicyclic) bond motifs is 3. The molecule has 1 aliphatic rings. The first-order chi connectivity index (χ1) is 10.7. The Morgan fingerprint density at radius 1 is 0.955 bits per heavy atom. The summed E-state index contributed by atoms with van der Waals surface area (Å²) >= 11 is 0. The molecule has 0 saturated carbocycles. The van der Waals surface area contributed by atoms with Gasteiger partial charge in [-0.3, -0.25) is 4.79 Å². The summed E-state index contributed by atoms with van der Waals surface area (Å²) in [4.78, 5) is 12.1. The molecule has 0 aliphatic carbocycles. The van der Waals surface area contributed by atoms with E-state index in [4.69, 9.17) is 0 Å². The van der Waals surface area contributed by atoms with Crippen LogP contribution in [-0.4, -0.2) is 5.91 Å². The van der Waals surface area contributed by atoms with Crippen LogP contribution in [0.5, 0.6) is 0 Å². The topological polar surface area (TPSA) is 29.1 Å². The zero-order chi connectivity index (χ0) is 15.1. The van der Waals surface area contributed by atoms with E-state index in [9.17, 15) is 9.18 Å². The van der Waals surface area contributed by atoms with Crippen molar-refractivity contribution in [1.82, 2.24) is 0 Å². The molecule has 0 spiro atoms. The summed E-state index contributed by atoms with van der Waals surface area (Å²) in [5.41, 5.74) is 2.93. The number of anilines is 1. The van der Waals surface area contributed by atoms with E-state index in [0.29, 0.717) is 6.42 Å². The monoisotopic (exact) mass is 291 g/mol. The van der Waals surface area contributed by atoms with Crippen LogP contribution in [0.25, 0.3) is 10.8 Å². The Labute approximate surface area is 127 Å². The highest BCUT2D eigenvalue weighted by atomic mass is 19.1. The van der Waals surface area contributed by atoms with E-state index in [2.05, 4.69) is 17.4 Å². The minimum absolute atomic E-state index is 0.00169. The number of amides is 1. The van der Waals surface area contributed by atoms with Crippen molar-refractivity contribution in [3.63, 3.8) is 0 Å². The van der Waals surface area contributed by atoms with Crippen LogP contribution in [0.2, 0.25) is 0 Å². The molecule has 2 nitrogen and oxygen atoms in total. The van der Waals surface area contributed by atoms with Crippen molar-refractivity contribution in [2.45, 2.75) is 12.3 Å². The van der Waals surface area contributed by atoms with Crippen LogP contribution < -0.4 is 5.32 Å². The fraction of sp³-hybridized carbons (Fsp3) is 0.105. The second kappa shape index (κ2) is 4.95. The van der Waals surface area contributed by atoms with E-state index in [0.717, 1.165) is 27.6 Å². The van der Waals surface area contributed by atoms with Crippen molar-refractivity contribution >= 4 is 22.4 Å². The highest BCUT2D eigenvalue weighted by Crippen LogP contribution is 2.40. The predicted octanol–water partition coefficient (Wildman–Crippen LogP) is 4.45. The third-order valence-corrected chi connectivity index (χ3v) is 4.26. The van der Waals surface area contributed by atoms with E-state index in [-0.39, 0.29) is 17.6 Å². The second-order valence-electron chi connectivity index (χ2n) is 5.61. The van der Waals surface area contributed by atoms with E-state index >= 15 is 0 Å². The second-order valence-corrected chi connectivity index (χ2v) is 5.61. The van der Waals surface area contributed by atoms with Crippen molar-refractivity contribution in [2.24, 2.45) is 0 Å². The first-order valence-corrected chi connectivity index (χ1v) is 7.29. The molecule has 1 atom stereocenters. The normalized spacial score (nSPS) is 17.1. The Bertz CT molecular complexity index is 870. The lowest BCUT2D eigenvalue weighted by Crippen LogP contribution is -2.23. The molecule has 0 aromatic heterocycles. The van der Waals surface area contributed by atoms with E-state index in [1.807, 2.05) is 24.3 Å². The fourth-order valence-electron chi connectivity index (χ4n) is 3.20. The molecule has 0 saturated heterocycles. The SMILES string of the molecule is O=C1C[C@@H](c2ccc(F)cc2)c2ccc3ccccc3c2N1. The highest BCUT2D eigenvalue weighted by molar-refractivity contribution is 6.06. The quantitative estimate of drug-likeness (QED) is 0.705. The third kappa shape index (κ3) is 2.06. The maximum atomic E-state index is 13.2. The van der Waals surface area contributed by atoms with Gasteiger partial charge in [0.05, 0.1) is 5.69 Å². The minimum atomic E-state index is -0.261. The number of carbonyl (C=O) groups excluding carboxylic acids is 1. The van der Waals surface area contributed by atoms with Gasteiger partial charge >= 0.3 is 0 Å². The largest absolute Gasteiger partial charge is 0.325 e. The maximum absolute atomic E-state index is 13.2. The molecule has 0 bridgehead atoms. The first-order valence-electron chi connectivity index (χ1n) is 7.29. The van der Waals surface area contributed by atoms with Gasteiger partial charge in [-0.05, 0) is 28.6 Å². The van der Waals surface area contributed by atoms with Gasteiger partial charge in [-0.15, -0.1) is 0 Å². The summed E-state index contributed by atoms with van der Waals surface area (Å²) in [5.74, 6) is -0.296. The van der Waals surface area contributed by atoms with Crippen LogP contribution >= 0.6 is 0 Å². The van der Waals surface area contributed by atoms with Crippen molar-refractivity contribution in [1.29, 1.82) is 0 Å². The van der Waals surface area contributed by atoms with Crippen LogP contribution in [-0.2, 0) is 4.79 Å². The molecule has 4 rings (SSSR count). The smallest absolute Gasteiger partial charge is 0.225 e. The Balaban J connectivity index is 1.92. The minimum Gasteiger partial charge on any atom is -0.325 e. The van der Waals surface area contributed by atoms with Gasteiger partial charge in [-0.25, -0.2) is 4.39 Å². The summed E-state index contributed by atoms with van der Waals surface area (Å²) in [6, 6.07) is 18.5. The number of halogens is 1. The van der Waals surface area contributed by atoms with Crippen LogP contribution in [0.1, 0.15) is 23.5 Å². The Hall–Kier alpha value is -2.68. The number of hydrogen-bond acceptors (Lipinski definition) is 1. The zero-order valence-electron chi connectivity index (χ0n) is 11.8. The number of rotatable bonds is 1. The first kappa shape index (κ1) is 13.0. The zero-order valence-corrected chi connectivity index (χ0v) is 11.8. The Kier molecular flexibility index (Phi) is 2.93. The molecule has 1 heterocycles. The molecule has 1 amide bonds. The molecule has 0 radical (unpaired) electrons. The Morgan fingerprint density at radius 2 is 1.73 bits per heavy atom. The van der Waals surface area contributed by atoms with E-state index in [1.165, 1.54) is 12.1 Å². The average Bonchev–Trinajstić information content (AvgIpc) is 2.55. The number of benzene rings is 3. The van der Waals surface area contributed by atoms with Gasteiger partial charge in [0.1, 0.15) is 5.82 Å². The molecular weight excluding hydrogens is 277 g/mol. The number of nitrogens with one attached hydrogen (secondary N) is 1. The summed E-state index contributed by atoms with van der Waals surface area (Å²) in [5, 5.41) is 5.14. The highest BCUT2D eigenvalue weighted by Gasteiger charge is 2.27. The molecule has 0 fully saturated rings. The molecule has 108 valence electrons. The van der Waals surface area contributed by atoms with Gasteiger partial charge in [-0.2, -0.15) is 0 Å². The molecule has 1 N–H and O–H groups in total. The predicted molar refractivity (Wildman–Crippen MR) is 85.4 cm³/mol. The molecular formula is C19H14FNO. The van der Waals surface area contributed by atoms with E-state index < -0.39 is 0 Å². The molecule has 1 aliphatic heterocycles.